The molecule has 1 aromatic rings. The minimum absolute atomic E-state index is 0.109. The van der Waals surface area contributed by atoms with E-state index in [9.17, 15) is 9.59 Å². The molecule has 0 aromatic heterocycles. The van der Waals surface area contributed by atoms with Gasteiger partial charge in [-0.05, 0) is 18.9 Å². The maximum absolute atomic E-state index is 11.3. The highest BCUT2D eigenvalue weighted by Gasteiger charge is 2.23. The second kappa shape index (κ2) is 6.74. The minimum Gasteiger partial charge on any atom is -0.496 e. The summed E-state index contributed by atoms with van der Waals surface area (Å²) in [5.74, 6) is -0.262. The van der Waals surface area contributed by atoms with E-state index in [1.807, 2.05) is 0 Å². The van der Waals surface area contributed by atoms with Gasteiger partial charge in [0.15, 0.2) is 0 Å². The standard InChI is InChI=1S/C14H18ClN3O4/c1-22-12-7-11(10(15)6-9(12)13(16)19)17-8-2-4-18(5-3-8)14(20)21/h6-8,17H,2-5H2,1H3,(H2,16,19)(H,20,21). The van der Waals surface area contributed by atoms with E-state index in [1.165, 1.54) is 18.1 Å². The number of primary amides is 1. The Labute approximate surface area is 133 Å². The lowest BCUT2D eigenvalue weighted by atomic mass is 10.0. The summed E-state index contributed by atoms with van der Waals surface area (Å²) in [5.41, 5.74) is 6.14. The fraction of sp³-hybridized carbons (Fsp3) is 0.429. The molecule has 120 valence electrons. The van der Waals surface area contributed by atoms with Crippen LogP contribution in [0.2, 0.25) is 5.02 Å². The summed E-state index contributed by atoms with van der Waals surface area (Å²) >= 11 is 6.17. The van der Waals surface area contributed by atoms with E-state index >= 15 is 0 Å². The normalized spacial score (nSPS) is 15.5. The van der Waals surface area contributed by atoms with Gasteiger partial charge in [0.1, 0.15) is 5.75 Å². The molecule has 0 saturated carbocycles. The van der Waals surface area contributed by atoms with Crippen molar-refractivity contribution in [2.75, 3.05) is 25.5 Å². The van der Waals surface area contributed by atoms with Crippen molar-refractivity contribution in [3.8, 4) is 5.75 Å². The van der Waals surface area contributed by atoms with Crippen molar-refractivity contribution in [3.63, 3.8) is 0 Å². The lowest BCUT2D eigenvalue weighted by Crippen LogP contribution is -2.41. The molecule has 0 spiro atoms. The Kier molecular flexibility index (Phi) is 4.97. The lowest BCUT2D eigenvalue weighted by Gasteiger charge is -2.31. The number of likely N-dealkylation sites (tertiary alicyclic amines) is 1. The van der Waals surface area contributed by atoms with Crippen LogP contribution in [0.1, 0.15) is 23.2 Å². The molecule has 0 aliphatic carbocycles. The highest BCUT2D eigenvalue weighted by atomic mass is 35.5. The third-order valence-corrected chi connectivity index (χ3v) is 3.99. The summed E-state index contributed by atoms with van der Waals surface area (Å²) in [6.07, 6.45) is 0.467. The van der Waals surface area contributed by atoms with Gasteiger partial charge in [0.25, 0.3) is 5.91 Å². The fourth-order valence-corrected chi connectivity index (χ4v) is 2.68. The van der Waals surface area contributed by atoms with E-state index in [1.54, 1.807) is 6.07 Å². The van der Waals surface area contributed by atoms with Gasteiger partial charge in [0.05, 0.1) is 23.4 Å². The minimum atomic E-state index is -0.899. The number of anilines is 1. The Bertz CT molecular complexity index is 586. The molecule has 1 aliphatic rings. The van der Waals surface area contributed by atoms with E-state index in [2.05, 4.69) is 5.32 Å². The van der Waals surface area contributed by atoms with Crippen LogP contribution in [0.3, 0.4) is 0 Å². The van der Waals surface area contributed by atoms with Crippen molar-refractivity contribution >= 4 is 29.3 Å². The zero-order valence-electron chi connectivity index (χ0n) is 12.1. The molecule has 2 amide bonds. The number of carbonyl (C=O) groups is 2. The average Bonchev–Trinajstić information content (AvgIpc) is 2.49. The summed E-state index contributed by atoms with van der Waals surface area (Å²) in [5, 5.41) is 12.6. The van der Waals surface area contributed by atoms with Gasteiger partial charge in [0.2, 0.25) is 0 Å². The summed E-state index contributed by atoms with van der Waals surface area (Å²) in [6, 6.07) is 3.21. The molecule has 8 heteroatoms. The number of halogens is 1. The number of ether oxygens (including phenoxy) is 1. The van der Waals surface area contributed by atoms with Gasteiger partial charge in [-0.1, -0.05) is 11.6 Å². The Morgan fingerprint density at radius 1 is 1.41 bits per heavy atom. The number of carboxylic acid groups (broad SMARTS) is 1. The van der Waals surface area contributed by atoms with E-state index in [0.29, 0.717) is 42.4 Å². The lowest BCUT2D eigenvalue weighted by molar-refractivity contribution is 0.0997. The number of piperidine rings is 1. The predicted molar refractivity (Wildman–Crippen MR) is 82.8 cm³/mol. The first-order chi connectivity index (χ1) is 10.4. The van der Waals surface area contributed by atoms with Crippen molar-refractivity contribution in [1.82, 2.24) is 4.90 Å². The van der Waals surface area contributed by atoms with Crippen LogP contribution in [0.25, 0.3) is 0 Å². The van der Waals surface area contributed by atoms with Crippen LogP contribution >= 0.6 is 11.6 Å². The highest BCUT2D eigenvalue weighted by Crippen LogP contribution is 2.32. The molecule has 0 atom stereocenters. The molecule has 0 radical (unpaired) electrons. The average molecular weight is 328 g/mol. The number of hydrogen-bond donors (Lipinski definition) is 3. The topological polar surface area (TPSA) is 105 Å². The third kappa shape index (κ3) is 3.54. The number of nitrogens with one attached hydrogen (secondary N) is 1. The molecule has 0 unspecified atom stereocenters. The maximum atomic E-state index is 11.3. The van der Waals surface area contributed by atoms with Gasteiger partial charge in [0, 0.05) is 25.2 Å². The molecule has 1 aliphatic heterocycles. The molecule has 1 saturated heterocycles. The Balaban J connectivity index is 2.10. The van der Waals surface area contributed by atoms with Crippen molar-refractivity contribution in [2.45, 2.75) is 18.9 Å². The van der Waals surface area contributed by atoms with Crippen molar-refractivity contribution in [1.29, 1.82) is 0 Å². The Hall–Kier alpha value is -2.15. The molecule has 1 aromatic carbocycles. The number of nitrogens with two attached hydrogens (primary N) is 1. The zero-order valence-corrected chi connectivity index (χ0v) is 12.9. The number of hydrogen-bond acceptors (Lipinski definition) is 4. The number of methoxy groups -OCH3 is 1. The Morgan fingerprint density at radius 2 is 2.05 bits per heavy atom. The Morgan fingerprint density at radius 3 is 2.55 bits per heavy atom. The number of amides is 2. The van der Waals surface area contributed by atoms with Gasteiger partial charge >= 0.3 is 6.09 Å². The molecule has 2 rings (SSSR count). The fourth-order valence-electron chi connectivity index (χ4n) is 2.46. The van der Waals surface area contributed by atoms with E-state index in [4.69, 9.17) is 27.2 Å². The molecule has 4 N–H and O–H groups in total. The van der Waals surface area contributed by atoms with Crippen LogP contribution in [0.4, 0.5) is 10.5 Å². The molecule has 0 bridgehead atoms. The number of rotatable bonds is 4. The summed E-state index contributed by atoms with van der Waals surface area (Å²) in [4.78, 5) is 23.6. The van der Waals surface area contributed by atoms with E-state index in [0.717, 1.165) is 0 Å². The van der Waals surface area contributed by atoms with Crippen LogP contribution in [0.5, 0.6) is 5.75 Å². The van der Waals surface area contributed by atoms with Crippen LogP contribution < -0.4 is 15.8 Å². The summed E-state index contributed by atoms with van der Waals surface area (Å²) < 4.78 is 5.15. The van der Waals surface area contributed by atoms with Crippen molar-refractivity contribution in [2.24, 2.45) is 5.73 Å². The van der Waals surface area contributed by atoms with Crippen LogP contribution in [-0.2, 0) is 0 Å². The summed E-state index contributed by atoms with van der Waals surface area (Å²) in [6.45, 7) is 0.947. The molecule has 22 heavy (non-hydrogen) atoms. The van der Waals surface area contributed by atoms with Crippen molar-refractivity contribution in [3.05, 3.63) is 22.7 Å². The predicted octanol–water partition coefficient (Wildman–Crippen LogP) is 2.00. The second-order valence-corrected chi connectivity index (χ2v) is 5.49. The van der Waals surface area contributed by atoms with Gasteiger partial charge in [-0.25, -0.2) is 4.79 Å². The molecule has 1 heterocycles. The second-order valence-electron chi connectivity index (χ2n) is 5.08. The first-order valence-electron chi connectivity index (χ1n) is 6.84. The van der Waals surface area contributed by atoms with E-state index < -0.39 is 12.0 Å². The van der Waals surface area contributed by atoms with Crippen LogP contribution in [0.15, 0.2) is 12.1 Å². The first kappa shape index (κ1) is 16.2. The molecule has 7 nitrogen and oxygen atoms in total. The van der Waals surface area contributed by atoms with Crippen LogP contribution in [-0.4, -0.2) is 48.2 Å². The van der Waals surface area contributed by atoms with Gasteiger partial charge in [-0.2, -0.15) is 0 Å². The van der Waals surface area contributed by atoms with Crippen LogP contribution in [0, 0.1) is 0 Å². The van der Waals surface area contributed by atoms with E-state index in [-0.39, 0.29) is 11.6 Å². The SMILES string of the molecule is COc1cc(NC2CCN(C(=O)O)CC2)c(Cl)cc1C(N)=O. The van der Waals surface area contributed by atoms with Gasteiger partial charge < -0.3 is 25.8 Å². The molecular formula is C14H18ClN3O4. The largest absolute Gasteiger partial charge is 0.496 e. The monoisotopic (exact) mass is 327 g/mol. The number of carbonyl (C=O) groups excluding carboxylic acids is 1. The smallest absolute Gasteiger partial charge is 0.407 e. The van der Waals surface area contributed by atoms with Gasteiger partial charge in [-0.3, -0.25) is 4.79 Å². The number of nitrogens with zero attached hydrogens (tertiary/aromatic N) is 1. The molecular weight excluding hydrogens is 310 g/mol. The summed E-state index contributed by atoms with van der Waals surface area (Å²) in [7, 11) is 1.45. The zero-order chi connectivity index (χ0) is 16.3. The quantitative estimate of drug-likeness (QED) is 0.784. The van der Waals surface area contributed by atoms with Gasteiger partial charge in [-0.15, -0.1) is 0 Å². The molecule has 1 fully saturated rings. The highest BCUT2D eigenvalue weighted by molar-refractivity contribution is 6.33. The maximum Gasteiger partial charge on any atom is 0.407 e. The first-order valence-corrected chi connectivity index (χ1v) is 7.22. The number of benzene rings is 1. The van der Waals surface area contributed by atoms with Crippen molar-refractivity contribution < 1.29 is 19.4 Å². The third-order valence-electron chi connectivity index (χ3n) is 3.68.